The van der Waals surface area contributed by atoms with Crippen molar-refractivity contribution in [2.45, 2.75) is 6.92 Å². The van der Waals surface area contributed by atoms with E-state index in [1.165, 1.54) is 0 Å². The number of fused-ring (bicyclic) bond motifs is 1. The van der Waals surface area contributed by atoms with Gasteiger partial charge in [0.25, 0.3) is 0 Å². The van der Waals surface area contributed by atoms with Crippen LogP contribution < -0.4 is 0 Å². The van der Waals surface area contributed by atoms with Crippen LogP contribution in [0.1, 0.15) is 17.4 Å². The Balaban J connectivity index is 2.36. The third-order valence-electron chi connectivity index (χ3n) is 2.91. The molecule has 3 aromatic rings. The van der Waals surface area contributed by atoms with Gasteiger partial charge < -0.3 is 0 Å². The minimum Gasteiger partial charge on any atom is -0.297 e. The van der Waals surface area contributed by atoms with Gasteiger partial charge in [0.2, 0.25) is 0 Å². The Kier molecular flexibility index (Phi) is 2.45. The molecular weight excluding hydrogens is 224 g/mol. The highest BCUT2D eigenvalue weighted by atomic mass is 16.1. The van der Waals surface area contributed by atoms with E-state index in [0.29, 0.717) is 5.69 Å². The summed E-state index contributed by atoms with van der Waals surface area (Å²) in [6.45, 7) is 1.57. The summed E-state index contributed by atoms with van der Waals surface area (Å²) in [4.78, 5) is 16.4. The van der Waals surface area contributed by atoms with Crippen molar-refractivity contribution in [3.8, 4) is 11.3 Å². The van der Waals surface area contributed by atoms with Crippen LogP contribution in [0, 0.1) is 0 Å². The molecule has 0 aliphatic heterocycles. The highest BCUT2D eigenvalue weighted by Crippen LogP contribution is 2.24. The molecule has 3 heteroatoms. The number of carbonyl (C=O) groups excluding carboxylic acids is 1. The number of aromatic nitrogens is 2. The molecule has 0 amide bonds. The fourth-order valence-corrected chi connectivity index (χ4v) is 2.13. The summed E-state index contributed by atoms with van der Waals surface area (Å²) in [5.41, 5.74) is 3.14. The molecule has 0 spiro atoms. The molecule has 0 atom stereocenters. The second kappa shape index (κ2) is 4.11. The average molecular weight is 236 g/mol. The summed E-state index contributed by atoms with van der Waals surface area (Å²) >= 11 is 0. The van der Waals surface area contributed by atoms with Crippen molar-refractivity contribution < 1.29 is 4.79 Å². The first-order valence-corrected chi connectivity index (χ1v) is 5.81. The molecule has 3 rings (SSSR count). The van der Waals surface area contributed by atoms with Crippen molar-refractivity contribution in [2.24, 2.45) is 0 Å². The van der Waals surface area contributed by atoms with E-state index in [4.69, 9.17) is 0 Å². The number of ketones is 1. The van der Waals surface area contributed by atoms with Crippen LogP contribution in [0.5, 0.6) is 0 Å². The Morgan fingerprint density at radius 2 is 1.78 bits per heavy atom. The zero-order valence-corrected chi connectivity index (χ0v) is 10.00. The van der Waals surface area contributed by atoms with E-state index in [1.54, 1.807) is 6.92 Å². The molecule has 1 aromatic carbocycles. The van der Waals surface area contributed by atoms with Gasteiger partial charge in [-0.3, -0.25) is 9.20 Å². The molecule has 88 valence electrons. The van der Waals surface area contributed by atoms with Gasteiger partial charge in [-0.2, -0.15) is 0 Å². The summed E-state index contributed by atoms with van der Waals surface area (Å²) in [5.74, 6) is 0.0209. The number of carbonyl (C=O) groups is 1. The van der Waals surface area contributed by atoms with Gasteiger partial charge in [-0.15, -0.1) is 0 Å². The second-order valence-corrected chi connectivity index (χ2v) is 4.16. The minimum absolute atomic E-state index is 0.0209. The fraction of sp³-hybridized carbons (Fsp3) is 0.0667. The number of hydrogen-bond donors (Lipinski definition) is 0. The van der Waals surface area contributed by atoms with Crippen molar-refractivity contribution in [3.05, 3.63) is 60.4 Å². The number of imidazole rings is 1. The Hall–Kier alpha value is -2.42. The SMILES string of the molecule is CC(=O)c1c(-c2ccccc2)nc2ccccn12. The maximum atomic E-state index is 11.9. The smallest absolute Gasteiger partial charge is 0.178 e. The van der Waals surface area contributed by atoms with E-state index in [0.717, 1.165) is 16.9 Å². The summed E-state index contributed by atoms with van der Waals surface area (Å²) in [5, 5.41) is 0. The molecule has 0 saturated carbocycles. The average Bonchev–Trinajstić information content (AvgIpc) is 2.79. The van der Waals surface area contributed by atoms with Gasteiger partial charge >= 0.3 is 0 Å². The normalized spacial score (nSPS) is 10.7. The van der Waals surface area contributed by atoms with E-state index >= 15 is 0 Å². The molecular formula is C15H12N2O. The Morgan fingerprint density at radius 1 is 1.06 bits per heavy atom. The Morgan fingerprint density at radius 3 is 2.50 bits per heavy atom. The molecule has 0 unspecified atom stereocenters. The van der Waals surface area contributed by atoms with Crippen LogP contribution in [-0.4, -0.2) is 15.2 Å². The zero-order valence-electron chi connectivity index (χ0n) is 10.00. The molecule has 0 saturated heterocycles. The number of benzene rings is 1. The van der Waals surface area contributed by atoms with Gasteiger partial charge in [0, 0.05) is 18.7 Å². The van der Waals surface area contributed by atoms with Gasteiger partial charge in [-0.05, 0) is 12.1 Å². The minimum atomic E-state index is 0.0209. The van der Waals surface area contributed by atoms with Crippen LogP contribution in [0.3, 0.4) is 0 Å². The molecule has 2 aromatic heterocycles. The predicted molar refractivity (Wildman–Crippen MR) is 70.6 cm³/mol. The molecule has 0 bridgehead atoms. The molecule has 0 radical (unpaired) electrons. The van der Waals surface area contributed by atoms with E-state index < -0.39 is 0 Å². The molecule has 0 aliphatic rings. The summed E-state index contributed by atoms with van der Waals surface area (Å²) in [6.07, 6.45) is 1.87. The number of hydrogen-bond acceptors (Lipinski definition) is 2. The molecule has 0 fully saturated rings. The third kappa shape index (κ3) is 1.61. The van der Waals surface area contributed by atoms with Gasteiger partial charge in [0.05, 0.1) is 0 Å². The topological polar surface area (TPSA) is 34.4 Å². The Bertz CT molecular complexity index is 714. The summed E-state index contributed by atoms with van der Waals surface area (Å²) < 4.78 is 1.84. The van der Waals surface area contributed by atoms with Crippen LogP contribution in [0.4, 0.5) is 0 Å². The predicted octanol–water partition coefficient (Wildman–Crippen LogP) is 3.20. The van der Waals surface area contributed by atoms with Crippen molar-refractivity contribution in [1.82, 2.24) is 9.38 Å². The molecule has 18 heavy (non-hydrogen) atoms. The van der Waals surface area contributed by atoms with Crippen molar-refractivity contribution in [3.63, 3.8) is 0 Å². The number of Topliss-reactive ketones (excluding diaryl/α,β-unsaturated/α-hetero) is 1. The van der Waals surface area contributed by atoms with Crippen LogP contribution in [-0.2, 0) is 0 Å². The largest absolute Gasteiger partial charge is 0.297 e. The fourth-order valence-electron chi connectivity index (χ4n) is 2.13. The lowest BCUT2D eigenvalue weighted by molar-refractivity contribution is 0.101. The third-order valence-corrected chi connectivity index (χ3v) is 2.91. The van der Waals surface area contributed by atoms with Crippen LogP contribution >= 0.6 is 0 Å². The lowest BCUT2D eigenvalue weighted by atomic mass is 10.1. The quantitative estimate of drug-likeness (QED) is 0.640. The van der Waals surface area contributed by atoms with E-state index in [9.17, 15) is 4.79 Å². The van der Waals surface area contributed by atoms with Crippen LogP contribution in [0.2, 0.25) is 0 Å². The van der Waals surface area contributed by atoms with Crippen molar-refractivity contribution >= 4 is 11.4 Å². The van der Waals surface area contributed by atoms with Gasteiger partial charge in [0.15, 0.2) is 5.78 Å². The second-order valence-electron chi connectivity index (χ2n) is 4.16. The van der Waals surface area contributed by atoms with Crippen LogP contribution in [0.15, 0.2) is 54.7 Å². The summed E-state index contributed by atoms with van der Waals surface area (Å²) in [6, 6.07) is 15.5. The van der Waals surface area contributed by atoms with Gasteiger partial charge in [-0.1, -0.05) is 36.4 Å². The lowest BCUT2D eigenvalue weighted by Gasteiger charge is -2.00. The standard InChI is InChI=1S/C15H12N2O/c1-11(18)15-14(12-7-3-2-4-8-12)16-13-9-5-6-10-17(13)15/h2-10H,1H3. The first-order valence-electron chi connectivity index (χ1n) is 5.81. The van der Waals surface area contributed by atoms with Crippen molar-refractivity contribution in [1.29, 1.82) is 0 Å². The number of nitrogens with zero attached hydrogens (tertiary/aromatic N) is 2. The molecule has 2 heterocycles. The maximum absolute atomic E-state index is 11.9. The van der Waals surface area contributed by atoms with Gasteiger partial charge in [0.1, 0.15) is 17.0 Å². The maximum Gasteiger partial charge on any atom is 0.178 e. The van der Waals surface area contributed by atoms with Crippen LogP contribution in [0.25, 0.3) is 16.9 Å². The zero-order chi connectivity index (χ0) is 12.5. The van der Waals surface area contributed by atoms with Crippen molar-refractivity contribution in [2.75, 3.05) is 0 Å². The monoisotopic (exact) mass is 236 g/mol. The highest BCUT2D eigenvalue weighted by Gasteiger charge is 2.16. The molecule has 0 aliphatic carbocycles. The highest BCUT2D eigenvalue weighted by molar-refractivity contribution is 5.99. The Labute approximate surface area is 105 Å². The first-order chi connectivity index (χ1) is 8.77. The molecule has 3 nitrogen and oxygen atoms in total. The van der Waals surface area contributed by atoms with E-state index in [1.807, 2.05) is 59.1 Å². The number of pyridine rings is 1. The first kappa shape index (κ1) is 10.7. The molecule has 0 N–H and O–H groups in total. The number of rotatable bonds is 2. The van der Waals surface area contributed by atoms with E-state index in [-0.39, 0.29) is 5.78 Å². The summed E-state index contributed by atoms with van der Waals surface area (Å²) in [7, 11) is 0. The van der Waals surface area contributed by atoms with Gasteiger partial charge in [-0.25, -0.2) is 4.98 Å². The van der Waals surface area contributed by atoms with E-state index in [2.05, 4.69) is 4.98 Å². The lowest BCUT2D eigenvalue weighted by Crippen LogP contribution is -2.00.